The lowest BCUT2D eigenvalue weighted by molar-refractivity contribution is -0.118. The molecule has 0 aliphatic heterocycles. The first-order valence-electron chi connectivity index (χ1n) is 10.4. The molecule has 0 saturated carbocycles. The summed E-state index contributed by atoms with van der Waals surface area (Å²) < 4.78 is 14.9. The van der Waals surface area contributed by atoms with Crippen molar-refractivity contribution in [3.8, 4) is 0 Å². The minimum Gasteiger partial charge on any atom is -0.370 e. The standard InChI is InChI=1S/C23H25FN4O3S/c1-2-3-13-28-22(31)18-6-4-5-7-19(18)26-23(28)32-15-21(30)27(14-12-20(25)29)17-10-8-16(24)9-11-17/h4-11H,2-3,12-15H2,1H3,(H2,25,29). The van der Waals surface area contributed by atoms with Crippen molar-refractivity contribution in [1.29, 1.82) is 0 Å². The number of unbranched alkanes of at least 4 members (excludes halogenated alkanes) is 1. The van der Waals surface area contributed by atoms with Gasteiger partial charge in [-0.25, -0.2) is 9.37 Å². The molecule has 1 aromatic heterocycles. The van der Waals surface area contributed by atoms with Gasteiger partial charge in [0.15, 0.2) is 5.16 Å². The predicted octanol–water partition coefficient (Wildman–Crippen LogP) is 3.34. The van der Waals surface area contributed by atoms with Gasteiger partial charge in [0, 0.05) is 25.2 Å². The number of aromatic nitrogens is 2. The third kappa shape index (κ3) is 5.73. The van der Waals surface area contributed by atoms with E-state index in [0.29, 0.717) is 28.3 Å². The van der Waals surface area contributed by atoms with Crippen LogP contribution >= 0.6 is 11.8 Å². The van der Waals surface area contributed by atoms with E-state index in [2.05, 4.69) is 4.98 Å². The summed E-state index contributed by atoms with van der Waals surface area (Å²) in [6, 6.07) is 12.6. The van der Waals surface area contributed by atoms with Gasteiger partial charge in [0.2, 0.25) is 11.8 Å². The van der Waals surface area contributed by atoms with Crippen molar-refractivity contribution < 1.29 is 14.0 Å². The van der Waals surface area contributed by atoms with Crippen LogP contribution in [0.4, 0.5) is 10.1 Å². The Labute approximate surface area is 189 Å². The molecule has 0 saturated heterocycles. The number of anilines is 1. The highest BCUT2D eigenvalue weighted by Gasteiger charge is 2.19. The number of primary amides is 1. The van der Waals surface area contributed by atoms with Crippen LogP contribution in [0.5, 0.6) is 0 Å². The van der Waals surface area contributed by atoms with Crippen molar-refractivity contribution in [3.63, 3.8) is 0 Å². The molecule has 3 rings (SSSR count). The molecule has 0 spiro atoms. The van der Waals surface area contributed by atoms with E-state index >= 15 is 0 Å². The molecule has 0 atom stereocenters. The number of benzene rings is 2. The first-order valence-corrected chi connectivity index (χ1v) is 11.4. The summed E-state index contributed by atoms with van der Waals surface area (Å²) in [5.41, 5.74) is 6.16. The minimum atomic E-state index is -0.540. The normalized spacial score (nSPS) is 10.9. The van der Waals surface area contributed by atoms with Crippen LogP contribution in [0, 0.1) is 5.82 Å². The van der Waals surface area contributed by atoms with Crippen LogP contribution in [-0.2, 0) is 16.1 Å². The van der Waals surface area contributed by atoms with Crippen LogP contribution in [0.15, 0.2) is 58.5 Å². The second-order valence-corrected chi connectivity index (χ2v) is 8.19. The van der Waals surface area contributed by atoms with E-state index in [4.69, 9.17) is 5.73 Å². The number of nitrogens with zero attached hydrogens (tertiary/aromatic N) is 3. The number of thioether (sulfide) groups is 1. The molecule has 0 unspecified atom stereocenters. The van der Waals surface area contributed by atoms with E-state index < -0.39 is 11.7 Å². The Hall–Kier alpha value is -3.20. The molecular formula is C23H25FN4O3S. The fourth-order valence-corrected chi connectivity index (χ4v) is 4.12. The van der Waals surface area contributed by atoms with Gasteiger partial charge in [-0.05, 0) is 42.8 Å². The molecule has 0 fully saturated rings. The molecule has 0 aliphatic carbocycles. The fourth-order valence-electron chi connectivity index (χ4n) is 3.22. The lowest BCUT2D eigenvalue weighted by Gasteiger charge is -2.22. The van der Waals surface area contributed by atoms with Crippen molar-refractivity contribution in [1.82, 2.24) is 9.55 Å². The fraction of sp³-hybridized carbons (Fsp3) is 0.304. The van der Waals surface area contributed by atoms with Gasteiger partial charge in [-0.1, -0.05) is 37.2 Å². The van der Waals surface area contributed by atoms with Crippen LogP contribution < -0.4 is 16.2 Å². The van der Waals surface area contributed by atoms with Crippen LogP contribution in [0.25, 0.3) is 10.9 Å². The van der Waals surface area contributed by atoms with Gasteiger partial charge < -0.3 is 10.6 Å². The molecule has 3 aromatic rings. The van der Waals surface area contributed by atoms with Gasteiger partial charge in [0.1, 0.15) is 5.82 Å². The van der Waals surface area contributed by atoms with Crippen LogP contribution in [0.3, 0.4) is 0 Å². The molecule has 2 N–H and O–H groups in total. The average Bonchev–Trinajstić information content (AvgIpc) is 2.78. The zero-order valence-electron chi connectivity index (χ0n) is 17.8. The molecule has 0 radical (unpaired) electrons. The lowest BCUT2D eigenvalue weighted by atomic mass is 10.2. The number of hydrogen-bond acceptors (Lipinski definition) is 5. The molecule has 7 nitrogen and oxygen atoms in total. The SMILES string of the molecule is CCCCn1c(SCC(=O)N(CCC(N)=O)c2ccc(F)cc2)nc2ccccc2c1=O. The lowest BCUT2D eigenvalue weighted by Crippen LogP contribution is -2.35. The van der Waals surface area contributed by atoms with Crippen LogP contribution in [0.1, 0.15) is 26.2 Å². The number of amides is 2. The number of halogens is 1. The monoisotopic (exact) mass is 456 g/mol. The number of nitrogens with two attached hydrogens (primary N) is 1. The average molecular weight is 457 g/mol. The molecule has 168 valence electrons. The summed E-state index contributed by atoms with van der Waals surface area (Å²) in [7, 11) is 0. The van der Waals surface area contributed by atoms with Gasteiger partial charge in [0.05, 0.1) is 16.7 Å². The summed E-state index contributed by atoms with van der Waals surface area (Å²) in [5.74, 6) is -1.27. The first-order chi connectivity index (χ1) is 15.4. The molecule has 1 heterocycles. The molecular weight excluding hydrogens is 431 g/mol. The summed E-state index contributed by atoms with van der Waals surface area (Å²) in [4.78, 5) is 43.3. The Morgan fingerprint density at radius 1 is 1.16 bits per heavy atom. The zero-order chi connectivity index (χ0) is 23.1. The third-order valence-electron chi connectivity index (χ3n) is 4.91. The Kier molecular flexibility index (Phi) is 7.99. The maximum Gasteiger partial charge on any atom is 0.262 e. The molecule has 0 aliphatic rings. The smallest absolute Gasteiger partial charge is 0.262 e. The molecule has 32 heavy (non-hydrogen) atoms. The Bertz CT molecular complexity index is 1160. The number of carbonyl (C=O) groups excluding carboxylic acids is 2. The quantitative estimate of drug-likeness (QED) is 0.373. The van der Waals surface area contributed by atoms with E-state index in [1.54, 1.807) is 22.8 Å². The topological polar surface area (TPSA) is 98.3 Å². The number of carbonyl (C=O) groups is 2. The number of rotatable bonds is 10. The van der Waals surface area contributed by atoms with Gasteiger partial charge in [-0.2, -0.15) is 0 Å². The highest BCUT2D eigenvalue weighted by molar-refractivity contribution is 7.99. The molecule has 0 bridgehead atoms. The Morgan fingerprint density at radius 2 is 1.88 bits per heavy atom. The molecule has 2 amide bonds. The maximum atomic E-state index is 13.3. The van der Waals surface area contributed by atoms with Crippen LogP contribution in [0.2, 0.25) is 0 Å². The van der Waals surface area contributed by atoms with Crippen LogP contribution in [-0.4, -0.2) is 33.7 Å². The van der Waals surface area contributed by atoms with E-state index in [9.17, 15) is 18.8 Å². The van der Waals surface area contributed by atoms with Gasteiger partial charge in [-0.15, -0.1) is 0 Å². The summed E-state index contributed by atoms with van der Waals surface area (Å²) in [5, 5.41) is 0.998. The van der Waals surface area contributed by atoms with E-state index in [1.165, 1.54) is 40.9 Å². The van der Waals surface area contributed by atoms with Crippen molar-refractivity contribution in [2.75, 3.05) is 17.2 Å². The largest absolute Gasteiger partial charge is 0.370 e. The van der Waals surface area contributed by atoms with Crippen molar-refractivity contribution >= 4 is 40.2 Å². The maximum absolute atomic E-state index is 13.3. The summed E-state index contributed by atoms with van der Waals surface area (Å²) in [6.07, 6.45) is 1.69. The predicted molar refractivity (Wildman–Crippen MR) is 124 cm³/mol. The van der Waals surface area contributed by atoms with Crippen molar-refractivity contribution in [2.45, 2.75) is 37.9 Å². The Balaban J connectivity index is 1.86. The van der Waals surface area contributed by atoms with E-state index in [1.807, 2.05) is 13.0 Å². The van der Waals surface area contributed by atoms with E-state index in [-0.39, 0.29) is 30.2 Å². The van der Waals surface area contributed by atoms with Crippen molar-refractivity contribution in [2.24, 2.45) is 5.73 Å². The first kappa shape index (κ1) is 23.5. The van der Waals surface area contributed by atoms with Gasteiger partial charge >= 0.3 is 0 Å². The highest BCUT2D eigenvalue weighted by atomic mass is 32.2. The minimum absolute atomic E-state index is 0.00690. The molecule has 2 aromatic carbocycles. The van der Waals surface area contributed by atoms with Crippen molar-refractivity contribution in [3.05, 3.63) is 64.7 Å². The highest BCUT2D eigenvalue weighted by Crippen LogP contribution is 2.22. The second kappa shape index (κ2) is 10.9. The Morgan fingerprint density at radius 3 is 2.56 bits per heavy atom. The summed E-state index contributed by atoms with van der Waals surface area (Å²) in [6.45, 7) is 2.62. The number of fused-ring (bicyclic) bond motifs is 1. The summed E-state index contributed by atoms with van der Waals surface area (Å²) >= 11 is 1.17. The number of hydrogen-bond donors (Lipinski definition) is 1. The third-order valence-corrected chi connectivity index (χ3v) is 5.87. The second-order valence-electron chi connectivity index (χ2n) is 7.25. The van der Waals surface area contributed by atoms with Gasteiger partial charge in [-0.3, -0.25) is 19.0 Å². The van der Waals surface area contributed by atoms with Gasteiger partial charge in [0.25, 0.3) is 5.56 Å². The number of para-hydroxylation sites is 1. The molecule has 9 heteroatoms. The van der Waals surface area contributed by atoms with E-state index in [0.717, 1.165) is 12.8 Å². The zero-order valence-corrected chi connectivity index (χ0v) is 18.6.